The summed E-state index contributed by atoms with van der Waals surface area (Å²) in [6.07, 6.45) is 2.52. The third-order valence-electron chi connectivity index (χ3n) is 4.11. The Morgan fingerprint density at radius 3 is 2.26 bits per heavy atom. The normalized spacial score (nSPS) is 19.4. The van der Waals surface area contributed by atoms with E-state index in [4.69, 9.17) is 0 Å². The van der Waals surface area contributed by atoms with E-state index >= 15 is 0 Å². The van der Waals surface area contributed by atoms with Crippen molar-refractivity contribution >= 4 is 5.69 Å². The Labute approximate surface area is 117 Å². The van der Waals surface area contributed by atoms with Gasteiger partial charge in [0.25, 0.3) is 0 Å². The Kier molecular flexibility index (Phi) is 4.83. The lowest BCUT2D eigenvalue weighted by Gasteiger charge is -2.31. The van der Waals surface area contributed by atoms with Gasteiger partial charge < -0.3 is 15.1 Å². The van der Waals surface area contributed by atoms with E-state index in [-0.39, 0.29) is 0 Å². The van der Waals surface area contributed by atoms with Crippen molar-refractivity contribution in [1.29, 1.82) is 0 Å². The van der Waals surface area contributed by atoms with Gasteiger partial charge in [0.15, 0.2) is 0 Å². The number of piperidine rings is 1. The summed E-state index contributed by atoms with van der Waals surface area (Å²) in [6.45, 7) is 4.69. The van der Waals surface area contributed by atoms with Gasteiger partial charge >= 0.3 is 0 Å². The van der Waals surface area contributed by atoms with Crippen LogP contribution in [0, 0.1) is 0 Å². The fourth-order valence-electron chi connectivity index (χ4n) is 2.69. The largest absolute Gasteiger partial charge is 0.378 e. The predicted octanol–water partition coefficient (Wildman–Crippen LogP) is 2.50. The first-order valence-electron chi connectivity index (χ1n) is 7.28. The van der Waals surface area contributed by atoms with Gasteiger partial charge in [-0.15, -0.1) is 0 Å². The quantitative estimate of drug-likeness (QED) is 0.898. The van der Waals surface area contributed by atoms with E-state index in [0.29, 0.717) is 12.1 Å². The molecule has 0 aromatic heterocycles. The van der Waals surface area contributed by atoms with Crippen molar-refractivity contribution in [1.82, 2.24) is 10.2 Å². The van der Waals surface area contributed by atoms with E-state index < -0.39 is 0 Å². The summed E-state index contributed by atoms with van der Waals surface area (Å²) in [6, 6.07) is 9.97. The average Bonchev–Trinajstić information content (AvgIpc) is 2.41. The maximum Gasteiger partial charge on any atom is 0.0361 e. The molecule has 1 fully saturated rings. The summed E-state index contributed by atoms with van der Waals surface area (Å²) in [5.74, 6) is 0. The first-order valence-corrected chi connectivity index (χ1v) is 7.28. The smallest absolute Gasteiger partial charge is 0.0361 e. The summed E-state index contributed by atoms with van der Waals surface area (Å²) in [5.41, 5.74) is 2.64. The van der Waals surface area contributed by atoms with Crippen LogP contribution in [0.2, 0.25) is 0 Å². The second-order valence-corrected chi connectivity index (χ2v) is 5.95. The average molecular weight is 261 g/mol. The van der Waals surface area contributed by atoms with E-state index in [1.165, 1.54) is 37.2 Å². The molecule has 1 N–H and O–H groups in total. The third kappa shape index (κ3) is 3.95. The minimum absolute atomic E-state index is 0.435. The van der Waals surface area contributed by atoms with Crippen LogP contribution in [-0.2, 0) is 0 Å². The molecule has 19 heavy (non-hydrogen) atoms. The fraction of sp³-hybridized carbons (Fsp3) is 0.625. The molecule has 0 saturated carbocycles. The van der Waals surface area contributed by atoms with Crippen LogP contribution in [0.15, 0.2) is 24.3 Å². The maximum atomic E-state index is 3.76. The molecule has 106 valence electrons. The second kappa shape index (κ2) is 6.40. The van der Waals surface area contributed by atoms with Crippen molar-refractivity contribution in [3.8, 4) is 0 Å². The van der Waals surface area contributed by atoms with Crippen LogP contribution >= 0.6 is 0 Å². The van der Waals surface area contributed by atoms with E-state index in [9.17, 15) is 0 Å². The van der Waals surface area contributed by atoms with Crippen LogP contribution in [0.1, 0.15) is 31.4 Å². The summed E-state index contributed by atoms with van der Waals surface area (Å²) < 4.78 is 0. The molecular formula is C16H27N3. The predicted molar refractivity (Wildman–Crippen MR) is 82.8 cm³/mol. The molecule has 1 aliphatic rings. The number of hydrogen-bond acceptors (Lipinski definition) is 3. The standard InChI is InChI=1S/C16H27N3/c1-13(17-15-9-11-19(4)12-10-15)14-5-7-16(8-6-14)18(2)3/h5-8,13,15,17H,9-12H2,1-4H3. The first kappa shape index (κ1) is 14.4. The molecule has 0 aliphatic carbocycles. The number of nitrogens with one attached hydrogen (secondary N) is 1. The van der Waals surface area contributed by atoms with Gasteiger partial charge in [-0.1, -0.05) is 12.1 Å². The summed E-state index contributed by atoms with van der Waals surface area (Å²) in [7, 11) is 6.37. The summed E-state index contributed by atoms with van der Waals surface area (Å²) >= 11 is 0. The highest BCUT2D eigenvalue weighted by Gasteiger charge is 2.18. The molecule has 0 bridgehead atoms. The van der Waals surface area contributed by atoms with E-state index in [1.54, 1.807) is 0 Å². The molecule has 3 heteroatoms. The monoisotopic (exact) mass is 261 g/mol. The van der Waals surface area contributed by atoms with Crippen molar-refractivity contribution in [2.24, 2.45) is 0 Å². The van der Waals surface area contributed by atoms with Gasteiger partial charge in [0.1, 0.15) is 0 Å². The lowest BCUT2D eigenvalue weighted by molar-refractivity contribution is 0.226. The Balaban J connectivity index is 1.90. The lowest BCUT2D eigenvalue weighted by atomic mass is 10.0. The molecule has 1 saturated heterocycles. The SMILES string of the molecule is CC(NC1CCN(C)CC1)c1ccc(N(C)C)cc1. The first-order chi connectivity index (χ1) is 9.06. The minimum Gasteiger partial charge on any atom is -0.378 e. The Morgan fingerprint density at radius 2 is 1.74 bits per heavy atom. The number of nitrogens with zero attached hydrogens (tertiary/aromatic N) is 2. The highest BCUT2D eigenvalue weighted by Crippen LogP contribution is 2.20. The Bertz CT molecular complexity index is 377. The number of rotatable bonds is 4. The number of benzene rings is 1. The van der Waals surface area contributed by atoms with Gasteiger partial charge in [-0.2, -0.15) is 0 Å². The van der Waals surface area contributed by atoms with Crippen LogP contribution in [0.25, 0.3) is 0 Å². The zero-order valence-corrected chi connectivity index (χ0v) is 12.7. The third-order valence-corrected chi connectivity index (χ3v) is 4.11. The van der Waals surface area contributed by atoms with Crippen molar-refractivity contribution < 1.29 is 0 Å². The molecule has 0 radical (unpaired) electrons. The molecule has 0 spiro atoms. The zero-order valence-electron chi connectivity index (χ0n) is 12.7. The van der Waals surface area contributed by atoms with Crippen LogP contribution in [0.3, 0.4) is 0 Å². The van der Waals surface area contributed by atoms with Crippen LogP contribution in [-0.4, -0.2) is 45.2 Å². The highest BCUT2D eigenvalue weighted by atomic mass is 15.1. The summed E-state index contributed by atoms with van der Waals surface area (Å²) in [4.78, 5) is 4.55. The molecule has 1 unspecified atom stereocenters. The zero-order chi connectivity index (χ0) is 13.8. The van der Waals surface area contributed by atoms with Gasteiger partial charge in [0.2, 0.25) is 0 Å². The van der Waals surface area contributed by atoms with E-state index in [1.807, 2.05) is 0 Å². The summed E-state index contributed by atoms with van der Waals surface area (Å²) in [5, 5.41) is 3.76. The van der Waals surface area contributed by atoms with Crippen molar-refractivity contribution in [2.75, 3.05) is 39.1 Å². The number of likely N-dealkylation sites (tertiary alicyclic amines) is 1. The molecule has 1 aromatic rings. The van der Waals surface area contributed by atoms with Crippen LogP contribution in [0.5, 0.6) is 0 Å². The van der Waals surface area contributed by atoms with Crippen molar-refractivity contribution in [2.45, 2.75) is 31.8 Å². The van der Waals surface area contributed by atoms with Crippen LogP contribution in [0.4, 0.5) is 5.69 Å². The molecule has 1 aromatic carbocycles. The Hall–Kier alpha value is -1.06. The molecule has 2 rings (SSSR count). The topological polar surface area (TPSA) is 18.5 Å². The molecular weight excluding hydrogens is 234 g/mol. The lowest BCUT2D eigenvalue weighted by Crippen LogP contribution is -2.41. The van der Waals surface area contributed by atoms with Gasteiger partial charge in [0, 0.05) is 31.9 Å². The molecule has 0 amide bonds. The van der Waals surface area contributed by atoms with Gasteiger partial charge in [-0.3, -0.25) is 0 Å². The number of hydrogen-bond donors (Lipinski definition) is 1. The van der Waals surface area contributed by atoms with E-state index in [0.717, 1.165) is 0 Å². The maximum absolute atomic E-state index is 3.76. The van der Waals surface area contributed by atoms with E-state index in [2.05, 4.69) is 67.4 Å². The van der Waals surface area contributed by atoms with Crippen molar-refractivity contribution in [3.63, 3.8) is 0 Å². The fourth-order valence-corrected chi connectivity index (χ4v) is 2.69. The molecule has 3 nitrogen and oxygen atoms in total. The van der Waals surface area contributed by atoms with Gasteiger partial charge in [-0.25, -0.2) is 0 Å². The minimum atomic E-state index is 0.435. The van der Waals surface area contributed by atoms with Gasteiger partial charge in [0.05, 0.1) is 0 Å². The molecule has 1 aliphatic heterocycles. The highest BCUT2D eigenvalue weighted by molar-refractivity contribution is 5.46. The second-order valence-electron chi connectivity index (χ2n) is 5.95. The van der Waals surface area contributed by atoms with Gasteiger partial charge in [-0.05, 0) is 57.6 Å². The Morgan fingerprint density at radius 1 is 1.16 bits per heavy atom. The molecule has 1 heterocycles. The number of anilines is 1. The molecule has 1 atom stereocenters. The van der Waals surface area contributed by atoms with Crippen molar-refractivity contribution in [3.05, 3.63) is 29.8 Å². The van der Waals surface area contributed by atoms with Crippen LogP contribution < -0.4 is 10.2 Å².